The maximum atomic E-state index is 12.8. The molecular weight excluding hydrogens is 370 g/mol. The van der Waals surface area contributed by atoms with Crippen LogP contribution in [-0.4, -0.2) is 36.1 Å². The average molecular weight is 395 g/mol. The molecule has 2 aromatic carbocycles. The molecule has 1 heterocycles. The van der Waals surface area contributed by atoms with E-state index < -0.39 is 12.1 Å². The number of aromatic amines is 1. The molecule has 0 aliphatic carbocycles. The second kappa shape index (κ2) is 9.28. The number of Topliss-reactive ketones (excluding diaryl/α,β-unsaturated/α-hetero) is 1. The van der Waals surface area contributed by atoms with Gasteiger partial charge in [0.1, 0.15) is 0 Å². The standard InChI is InChI=1S/C23H25NO5/c1-4-27-19-11-7-8-12-20(19)28-14-13-21(25)29-16(3)23(26)22-15(2)24-18-10-6-5-9-17(18)22/h5-12,16,24H,4,13-14H2,1-3H3/t16-/m1/s1. The minimum atomic E-state index is -0.879. The first kappa shape index (κ1) is 20.5. The first-order valence-corrected chi connectivity index (χ1v) is 9.67. The second-order valence-corrected chi connectivity index (χ2v) is 6.65. The number of nitrogens with one attached hydrogen (secondary N) is 1. The molecule has 0 aliphatic rings. The number of aromatic nitrogens is 1. The van der Waals surface area contributed by atoms with Gasteiger partial charge in [-0.05, 0) is 39.0 Å². The van der Waals surface area contributed by atoms with Crippen LogP contribution in [0.4, 0.5) is 0 Å². The Labute approximate surface area is 169 Å². The molecule has 3 rings (SSSR count). The Morgan fingerprint density at radius 2 is 1.66 bits per heavy atom. The summed E-state index contributed by atoms with van der Waals surface area (Å²) in [5, 5.41) is 0.828. The highest BCUT2D eigenvalue weighted by atomic mass is 16.6. The maximum Gasteiger partial charge on any atom is 0.309 e. The van der Waals surface area contributed by atoms with Crippen molar-refractivity contribution in [2.45, 2.75) is 33.3 Å². The molecule has 0 saturated heterocycles. The summed E-state index contributed by atoms with van der Waals surface area (Å²) >= 11 is 0. The third-order valence-electron chi connectivity index (χ3n) is 4.53. The van der Waals surface area contributed by atoms with Gasteiger partial charge in [-0.1, -0.05) is 30.3 Å². The summed E-state index contributed by atoms with van der Waals surface area (Å²) in [5.74, 6) is 0.482. The zero-order chi connectivity index (χ0) is 20.8. The molecule has 0 fully saturated rings. The zero-order valence-corrected chi connectivity index (χ0v) is 16.9. The normalized spacial score (nSPS) is 11.8. The summed E-state index contributed by atoms with van der Waals surface area (Å²) in [7, 11) is 0. The van der Waals surface area contributed by atoms with Crippen LogP contribution in [-0.2, 0) is 9.53 Å². The van der Waals surface area contributed by atoms with Crippen molar-refractivity contribution in [3.8, 4) is 11.5 Å². The molecule has 6 heteroatoms. The SMILES string of the molecule is CCOc1ccccc1OCCC(=O)O[C@H](C)C(=O)c1c(C)[nH]c2ccccc12. The Balaban J connectivity index is 1.56. The molecule has 0 radical (unpaired) electrons. The summed E-state index contributed by atoms with van der Waals surface area (Å²) < 4.78 is 16.5. The molecule has 1 N–H and O–H groups in total. The Morgan fingerprint density at radius 1 is 1.00 bits per heavy atom. The Kier molecular flexibility index (Phi) is 6.54. The van der Waals surface area contributed by atoms with Crippen molar-refractivity contribution >= 4 is 22.7 Å². The van der Waals surface area contributed by atoms with Gasteiger partial charge >= 0.3 is 5.97 Å². The molecule has 6 nitrogen and oxygen atoms in total. The maximum absolute atomic E-state index is 12.8. The van der Waals surface area contributed by atoms with E-state index in [1.165, 1.54) is 0 Å². The van der Waals surface area contributed by atoms with E-state index in [1.54, 1.807) is 19.1 Å². The number of H-pyrrole nitrogens is 1. The van der Waals surface area contributed by atoms with E-state index in [4.69, 9.17) is 14.2 Å². The Hall–Kier alpha value is -3.28. The molecule has 0 unspecified atom stereocenters. The van der Waals surface area contributed by atoms with Crippen LogP contribution in [0.1, 0.15) is 36.3 Å². The minimum absolute atomic E-state index is 0.0327. The van der Waals surface area contributed by atoms with E-state index in [0.717, 1.165) is 16.6 Å². The van der Waals surface area contributed by atoms with Crippen molar-refractivity contribution < 1.29 is 23.8 Å². The van der Waals surface area contributed by atoms with Crippen molar-refractivity contribution in [3.63, 3.8) is 0 Å². The van der Waals surface area contributed by atoms with Gasteiger partial charge in [-0.3, -0.25) is 9.59 Å². The minimum Gasteiger partial charge on any atom is -0.490 e. The van der Waals surface area contributed by atoms with Gasteiger partial charge in [-0.2, -0.15) is 0 Å². The lowest BCUT2D eigenvalue weighted by molar-refractivity contribution is -0.146. The van der Waals surface area contributed by atoms with E-state index in [2.05, 4.69) is 4.98 Å². The fraction of sp³-hybridized carbons (Fsp3) is 0.304. The van der Waals surface area contributed by atoms with Crippen LogP contribution in [0.3, 0.4) is 0 Å². The fourth-order valence-corrected chi connectivity index (χ4v) is 3.20. The van der Waals surface area contributed by atoms with Gasteiger partial charge in [-0.15, -0.1) is 0 Å². The average Bonchev–Trinajstić information content (AvgIpc) is 3.04. The van der Waals surface area contributed by atoms with E-state index >= 15 is 0 Å². The summed E-state index contributed by atoms with van der Waals surface area (Å²) in [6.45, 7) is 5.98. The van der Waals surface area contributed by atoms with Crippen molar-refractivity contribution in [3.05, 3.63) is 59.8 Å². The topological polar surface area (TPSA) is 77.6 Å². The van der Waals surface area contributed by atoms with Gasteiger partial charge in [0.05, 0.1) is 19.6 Å². The number of ether oxygens (including phenoxy) is 3. The monoisotopic (exact) mass is 395 g/mol. The predicted molar refractivity (Wildman–Crippen MR) is 111 cm³/mol. The van der Waals surface area contributed by atoms with Crippen LogP contribution >= 0.6 is 0 Å². The van der Waals surface area contributed by atoms with E-state index in [-0.39, 0.29) is 18.8 Å². The number of rotatable bonds is 9. The second-order valence-electron chi connectivity index (χ2n) is 6.65. The molecule has 3 aromatic rings. The van der Waals surface area contributed by atoms with Crippen molar-refractivity contribution in [1.82, 2.24) is 4.98 Å². The smallest absolute Gasteiger partial charge is 0.309 e. The molecule has 0 bridgehead atoms. The number of benzene rings is 2. The molecule has 0 spiro atoms. The number of esters is 1. The number of carbonyl (C=O) groups excluding carboxylic acids is 2. The largest absolute Gasteiger partial charge is 0.490 e. The quantitative estimate of drug-likeness (QED) is 0.428. The molecular formula is C23H25NO5. The zero-order valence-electron chi connectivity index (χ0n) is 16.9. The highest BCUT2D eigenvalue weighted by molar-refractivity contribution is 6.11. The number of para-hydroxylation sites is 3. The summed E-state index contributed by atoms with van der Waals surface area (Å²) in [4.78, 5) is 28.2. The number of carbonyl (C=O) groups is 2. The summed E-state index contributed by atoms with van der Waals surface area (Å²) in [6.07, 6.45) is -0.846. The van der Waals surface area contributed by atoms with Gasteiger partial charge in [0, 0.05) is 22.2 Å². The lowest BCUT2D eigenvalue weighted by Gasteiger charge is -2.14. The highest BCUT2D eigenvalue weighted by Crippen LogP contribution is 2.27. The van der Waals surface area contributed by atoms with Gasteiger partial charge in [0.15, 0.2) is 17.6 Å². The highest BCUT2D eigenvalue weighted by Gasteiger charge is 2.24. The molecule has 0 saturated carbocycles. The first-order chi connectivity index (χ1) is 14.0. The number of ketones is 1. The lowest BCUT2D eigenvalue weighted by atomic mass is 10.0. The van der Waals surface area contributed by atoms with E-state index in [0.29, 0.717) is 23.7 Å². The molecule has 0 amide bonds. The van der Waals surface area contributed by atoms with Gasteiger partial charge < -0.3 is 19.2 Å². The number of hydrogen-bond acceptors (Lipinski definition) is 5. The van der Waals surface area contributed by atoms with Crippen LogP contribution in [0.25, 0.3) is 10.9 Å². The number of hydrogen-bond donors (Lipinski definition) is 1. The molecule has 29 heavy (non-hydrogen) atoms. The Bertz CT molecular complexity index is 1010. The molecule has 1 aromatic heterocycles. The third-order valence-corrected chi connectivity index (χ3v) is 4.53. The lowest BCUT2D eigenvalue weighted by Crippen LogP contribution is -2.25. The van der Waals surface area contributed by atoms with E-state index in [1.807, 2.05) is 50.2 Å². The Morgan fingerprint density at radius 3 is 2.38 bits per heavy atom. The fourth-order valence-electron chi connectivity index (χ4n) is 3.20. The van der Waals surface area contributed by atoms with Crippen molar-refractivity contribution in [2.75, 3.05) is 13.2 Å². The molecule has 0 aliphatic heterocycles. The third kappa shape index (κ3) is 4.77. The predicted octanol–water partition coefficient (Wildman–Crippen LogP) is 4.46. The molecule has 1 atom stereocenters. The summed E-state index contributed by atoms with van der Waals surface area (Å²) in [6, 6.07) is 14.8. The van der Waals surface area contributed by atoms with Crippen molar-refractivity contribution in [1.29, 1.82) is 0 Å². The molecule has 152 valence electrons. The van der Waals surface area contributed by atoms with Crippen molar-refractivity contribution in [2.24, 2.45) is 0 Å². The van der Waals surface area contributed by atoms with Gasteiger partial charge in [0.25, 0.3) is 0 Å². The van der Waals surface area contributed by atoms with E-state index in [9.17, 15) is 9.59 Å². The summed E-state index contributed by atoms with van der Waals surface area (Å²) in [5.41, 5.74) is 2.20. The van der Waals surface area contributed by atoms with Crippen LogP contribution in [0.15, 0.2) is 48.5 Å². The van der Waals surface area contributed by atoms with Crippen LogP contribution in [0.5, 0.6) is 11.5 Å². The number of aryl methyl sites for hydroxylation is 1. The van der Waals surface area contributed by atoms with Gasteiger partial charge in [-0.25, -0.2) is 0 Å². The first-order valence-electron chi connectivity index (χ1n) is 9.67. The van der Waals surface area contributed by atoms with Crippen LogP contribution in [0, 0.1) is 6.92 Å². The van der Waals surface area contributed by atoms with Gasteiger partial charge in [0.2, 0.25) is 5.78 Å². The number of fused-ring (bicyclic) bond motifs is 1. The van der Waals surface area contributed by atoms with Crippen LogP contribution in [0.2, 0.25) is 0 Å². The van der Waals surface area contributed by atoms with Crippen LogP contribution < -0.4 is 9.47 Å².